The second kappa shape index (κ2) is 11.3. The van der Waals surface area contributed by atoms with Crippen molar-refractivity contribution in [2.75, 3.05) is 14.2 Å². The monoisotopic (exact) mass is 475 g/mol. The number of aromatic nitrogens is 4. The molecule has 0 spiro atoms. The van der Waals surface area contributed by atoms with Crippen LogP contribution in [0.25, 0.3) is 0 Å². The highest BCUT2D eigenvalue weighted by Crippen LogP contribution is 2.30. The highest BCUT2D eigenvalue weighted by molar-refractivity contribution is 7.98. The zero-order chi connectivity index (χ0) is 23.8. The van der Waals surface area contributed by atoms with Crippen molar-refractivity contribution in [2.24, 2.45) is 0 Å². The first-order valence-electron chi connectivity index (χ1n) is 10.7. The molecule has 174 valence electrons. The van der Waals surface area contributed by atoms with Gasteiger partial charge in [-0.15, -0.1) is 10.2 Å². The van der Waals surface area contributed by atoms with Gasteiger partial charge >= 0.3 is 0 Å². The Kier molecular flexibility index (Phi) is 7.77. The standard InChI is InChI=1S/C25H25N5O3S/c1-32-21-10-6-9-20(23(21)33-2)24(31)27-15-22-28-29-25(34-17-19-11-13-26-14-12-19)30(22)16-18-7-4-3-5-8-18/h3-14H,15-17H2,1-2H3,(H,27,31). The Bertz CT molecular complexity index is 1230. The summed E-state index contributed by atoms with van der Waals surface area (Å²) in [6.45, 7) is 0.815. The van der Waals surface area contributed by atoms with Crippen molar-refractivity contribution < 1.29 is 14.3 Å². The number of carbonyl (C=O) groups is 1. The third-order valence-corrected chi connectivity index (χ3v) is 6.19. The molecule has 1 N–H and O–H groups in total. The van der Waals surface area contributed by atoms with Gasteiger partial charge < -0.3 is 19.4 Å². The fourth-order valence-electron chi connectivity index (χ4n) is 3.43. The number of nitrogens with zero attached hydrogens (tertiary/aromatic N) is 4. The number of hydrogen-bond acceptors (Lipinski definition) is 7. The number of benzene rings is 2. The lowest BCUT2D eigenvalue weighted by Gasteiger charge is -2.13. The Morgan fingerprint density at radius 3 is 2.47 bits per heavy atom. The van der Waals surface area contributed by atoms with E-state index in [2.05, 4.69) is 32.6 Å². The summed E-state index contributed by atoms with van der Waals surface area (Å²) in [6, 6.07) is 19.3. The molecule has 0 bridgehead atoms. The maximum Gasteiger partial charge on any atom is 0.255 e. The number of methoxy groups -OCH3 is 2. The molecular weight excluding hydrogens is 450 g/mol. The van der Waals surface area contributed by atoms with E-state index in [-0.39, 0.29) is 12.5 Å². The molecule has 2 heterocycles. The predicted octanol–water partition coefficient (Wildman–Crippen LogP) is 3.96. The molecule has 0 saturated heterocycles. The second-order valence-corrected chi connectivity index (χ2v) is 8.28. The zero-order valence-corrected chi connectivity index (χ0v) is 19.8. The van der Waals surface area contributed by atoms with Gasteiger partial charge in [0.15, 0.2) is 22.5 Å². The van der Waals surface area contributed by atoms with Gasteiger partial charge in [-0.05, 0) is 35.4 Å². The molecule has 2 aromatic carbocycles. The molecule has 0 aliphatic heterocycles. The normalized spacial score (nSPS) is 10.6. The third kappa shape index (κ3) is 5.55. The van der Waals surface area contributed by atoms with Crippen LogP contribution >= 0.6 is 11.8 Å². The van der Waals surface area contributed by atoms with E-state index in [1.165, 1.54) is 14.2 Å². The Hall–Kier alpha value is -3.85. The second-order valence-electron chi connectivity index (χ2n) is 7.34. The summed E-state index contributed by atoms with van der Waals surface area (Å²) in [5.74, 6) is 2.01. The Labute approximate surface area is 202 Å². The number of ether oxygens (including phenoxy) is 2. The topological polar surface area (TPSA) is 91.2 Å². The number of rotatable bonds is 10. The summed E-state index contributed by atoms with van der Waals surface area (Å²) in [6.07, 6.45) is 3.55. The van der Waals surface area contributed by atoms with Crippen LogP contribution in [0.5, 0.6) is 11.5 Å². The fourth-order valence-corrected chi connectivity index (χ4v) is 4.34. The average Bonchev–Trinajstić information content (AvgIpc) is 3.27. The van der Waals surface area contributed by atoms with E-state index in [0.29, 0.717) is 29.4 Å². The molecule has 34 heavy (non-hydrogen) atoms. The molecule has 0 aliphatic carbocycles. The van der Waals surface area contributed by atoms with E-state index < -0.39 is 0 Å². The Morgan fingerprint density at radius 1 is 0.941 bits per heavy atom. The lowest BCUT2D eigenvalue weighted by atomic mass is 10.1. The van der Waals surface area contributed by atoms with Gasteiger partial charge in [-0.3, -0.25) is 9.78 Å². The lowest BCUT2D eigenvalue weighted by Crippen LogP contribution is -2.25. The first kappa shape index (κ1) is 23.3. The number of hydrogen-bond donors (Lipinski definition) is 1. The molecule has 8 nitrogen and oxygen atoms in total. The predicted molar refractivity (Wildman–Crippen MR) is 130 cm³/mol. The first-order valence-corrected chi connectivity index (χ1v) is 11.6. The highest BCUT2D eigenvalue weighted by atomic mass is 32.2. The van der Waals surface area contributed by atoms with Crippen LogP contribution in [0, 0.1) is 0 Å². The van der Waals surface area contributed by atoms with Crippen LogP contribution in [-0.4, -0.2) is 39.9 Å². The van der Waals surface area contributed by atoms with Crippen molar-refractivity contribution in [1.82, 2.24) is 25.1 Å². The average molecular weight is 476 g/mol. The SMILES string of the molecule is COc1cccc(C(=O)NCc2nnc(SCc3ccncc3)n2Cc2ccccc2)c1OC. The summed E-state index contributed by atoms with van der Waals surface area (Å²) in [5, 5.41) is 12.5. The maximum atomic E-state index is 12.9. The van der Waals surface area contributed by atoms with E-state index in [1.807, 2.05) is 34.9 Å². The Balaban J connectivity index is 1.54. The molecule has 0 fully saturated rings. The molecule has 0 atom stereocenters. The number of nitrogens with one attached hydrogen (secondary N) is 1. The number of pyridine rings is 1. The number of thioether (sulfide) groups is 1. The van der Waals surface area contributed by atoms with Crippen LogP contribution in [-0.2, 0) is 18.8 Å². The van der Waals surface area contributed by atoms with E-state index in [0.717, 1.165) is 22.0 Å². The quantitative estimate of drug-likeness (QED) is 0.347. The van der Waals surface area contributed by atoms with Crippen molar-refractivity contribution in [1.29, 1.82) is 0 Å². The van der Waals surface area contributed by atoms with Crippen molar-refractivity contribution in [3.8, 4) is 11.5 Å². The van der Waals surface area contributed by atoms with Crippen LogP contribution in [0.3, 0.4) is 0 Å². The molecular formula is C25H25N5O3S. The minimum atomic E-state index is -0.281. The van der Waals surface area contributed by atoms with Crippen LogP contribution in [0.1, 0.15) is 27.3 Å². The third-order valence-electron chi connectivity index (χ3n) is 5.15. The van der Waals surface area contributed by atoms with Gasteiger partial charge in [0.1, 0.15) is 0 Å². The molecule has 0 radical (unpaired) electrons. The molecule has 4 aromatic rings. The number of para-hydroxylation sites is 1. The summed E-state index contributed by atoms with van der Waals surface area (Å²) < 4.78 is 12.7. The molecule has 0 saturated carbocycles. The minimum Gasteiger partial charge on any atom is -0.493 e. The molecule has 0 aliphatic rings. The van der Waals surface area contributed by atoms with Gasteiger partial charge in [-0.2, -0.15) is 0 Å². The molecule has 1 amide bonds. The molecule has 4 rings (SSSR count). The van der Waals surface area contributed by atoms with E-state index in [1.54, 1.807) is 42.4 Å². The van der Waals surface area contributed by atoms with Crippen molar-refractivity contribution >= 4 is 17.7 Å². The van der Waals surface area contributed by atoms with Gasteiger partial charge in [-0.1, -0.05) is 48.2 Å². The number of amides is 1. The van der Waals surface area contributed by atoms with Crippen LogP contribution in [0.4, 0.5) is 0 Å². The molecule has 9 heteroatoms. The summed E-state index contributed by atoms with van der Waals surface area (Å²) in [4.78, 5) is 17.0. The first-order chi connectivity index (χ1) is 16.7. The van der Waals surface area contributed by atoms with Gasteiger partial charge in [0.2, 0.25) is 0 Å². The van der Waals surface area contributed by atoms with Gasteiger partial charge in [0.05, 0.1) is 32.9 Å². The Morgan fingerprint density at radius 2 is 1.74 bits per heavy atom. The van der Waals surface area contributed by atoms with Crippen LogP contribution in [0.15, 0.2) is 78.2 Å². The lowest BCUT2D eigenvalue weighted by molar-refractivity contribution is 0.0945. The van der Waals surface area contributed by atoms with E-state index in [4.69, 9.17) is 9.47 Å². The largest absolute Gasteiger partial charge is 0.493 e. The summed E-state index contributed by atoms with van der Waals surface area (Å²) in [5.41, 5.74) is 2.66. The van der Waals surface area contributed by atoms with Gasteiger partial charge in [0, 0.05) is 18.1 Å². The van der Waals surface area contributed by atoms with Crippen molar-refractivity contribution in [3.05, 3.63) is 95.6 Å². The zero-order valence-electron chi connectivity index (χ0n) is 19.0. The van der Waals surface area contributed by atoms with Crippen molar-refractivity contribution in [2.45, 2.75) is 24.0 Å². The van der Waals surface area contributed by atoms with Crippen LogP contribution in [0.2, 0.25) is 0 Å². The van der Waals surface area contributed by atoms with Gasteiger partial charge in [0.25, 0.3) is 5.91 Å². The van der Waals surface area contributed by atoms with E-state index in [9.17, 15) is 4.79 Å². The molecule has 0 unspecified atom stereocenters. The molecule has 2 aromatic heterocycles. The smallest absolute Gasteiger partial charge is 0.255 e. The maximum absolute atomic E-state index is 12.9. The van der Waals surface area contributed by atoms with Crippen molar-refractivity contribution in [3.63, 3.8) is 0 Å². The van der Waals surface area contributed by atoms with E-state index >= 15 is 0 Å². The minimum absolute atomic E-state index is 0.217. The fraction of sp³-hybridized carbons (Fsp3) is 0.200. The highest BCUT2D eigenvalue weighted by Gasteiger charge is 2.18. The summed E-state index contributed by atoms with van der Waals surface area (Å²) in [7, 11) is 3.05. The summed E-state index contributed by atoms with van der Waals surface area (Å²) >= 11 is 1.59. The number of carbonyl (C=O) groups excluding carboxylic acids is 1. The van der Waals surface area contributed by atoms with Gasteiger partial charge in [-0.25, -0.2) is 0 Å². The van der Waals surface area contributed by atoms with Crippen LogP contribution < -0.4 is 14.8 Å².